The number of rotatable bonds is 1. The van der Waals surface area contributed by atoms with Gasteiger partial charge in [0.1, 0.15) is 5.65 Å². The summed E-state index contributed by atoms with van der Waals surface area (Å²) in [6, 6.07) is 1.39. The molecule has 3 heterocycles. The van der Waals surface area contributed by atoms with E-state index in [1.807, 2.05) is 6.07 Å². The molecule has 1 fully saturated rings. The van der Waals surface area contributed by atoms with Crippen molar-refractivity contribution >= 4 is 34.4 Å². The van der Waals surface area contributed by atoms with E-state index in [1.165, 1.54) is 4.57 Å². The lowest BCUT2D eigenvalue weighted by Crippen LogP contribution is -2.43. The van der Waals surface area contributed by atoms with Gasteiger partial charge in [0, 0.05) is 30.7 Å². The number of halogens is 1. The van der Waals surface area contributed by atoms with Crippen LogP contribution in [0.4, 0.5) is 10.5 Å². The van der Waals surface area contributed by atoms with Crippen LogP contribution < -0.4 is 16.4 Å². The molecule has 7 heteroatoms. The van der Waals surface area contributed by atoms with E-state index in [2.05, 4.69) is 9.88 Å². The maximum absolute atomic E-state index is 11.4. The normalized spacial score (nSPS) is 19.5. The molecule has 1 aliphatic rings. The van der Waals surface area contributed by atoms with Gasteiger partial charge in [-0.1, -0.05) is 11.6 Å². The van der Waals surface area contributed by atoms with Crippen LogP contribution in [0.2, 0.25) is 5.02 Å². The Labute approximate surface area is 121 Å². The van der Waals surface area contributed by atoms with E-state index in [9.17, 15) is 4.79 Å². The molecule has 2 aromatic heterocycles. The van der Waals surface area contributed by atoms with Gasteiger partial charge in [0.2, 0.25) is 0 Å². The van der Waals surface area contributed by atoms with E-state index in [0.717, 1.165) is 37.0 Å². The smallest absolute Gasteiger partial charge is 0.324 e. The third-order valence-electron chi connectivity index (χ3n) is 3.65. The van der Waals surface area contributed by atoms with Crippen molar-refractivity contribution in [2.75, 3.05) is 18.0 Å². The highest BCUT2D eigenvalue weighted by Gasteiger charge is 2.22. The van der Waals surface area contributed by atoms with Gasteiger partial charge in [-0.15, -0.1) is 0 Å². The molecule has 2 aromatic rings. The van der Waals surface area contributed by atoms with Crippen LogP contribution >= 0.6 is 11.6 Å². The van der Waals surface area contributed by atoms with Gasteiger partial charge < -0.3 is 16.4 Å². The summed E-state index contributed by atoms with van der Waals surface area (Å²) in [6.07, 6.45) is 5.21. The average molecular weight is 294 g/mol. The quantitative estimate of drug-likeness (QED) is 0.834. The molecule has 1 saturated heterocycles. The molecule has 0 aromatic carbocycles. The number of hydrogen-bond acceptors (Lipinski definition) is 4. The Morgan fingerprint density at radius 2 is 2.30 bits per heavy atom. The number of nitrogens with two attached hydrogens (primary N) is 2. The van der Waals surface area contributed by atoms with E-state index < -0.39 is 6.03 Å². The van der Waals surface area contributed by atoms with Crippen molar-refractivity contribution in [1.82, 2.24) is 9.55 Å². The summed E-state index contributed by atoms with van der Waals surface area (Å²) in [7, 11) is 0. The van der Waals surface area contributed by atoms with E-state index in [1.54, 1.807) is 12.4 Å². The molecule has 3 rings (SSSR count). The van der Waals surface area contributed by atoms with Crippen molar-refractivity contribution in [3.05, 3.63) is 23.5 Å². The fourth-order valence-electron chi connectivity index (χ4n) is 2.76. The molecule has 0 bridgehead atoms. The zero-order chi connectivity index (χ0) is 14.3. The molecule has 1 amide bonds. The van der Waals surface area contributed by atoms with Gasteiger partial charge in [-0.3, -0.25) is 4.57 Å². The second-order valence-electron chi connectivity index (χ2n) is 5.06. The third kappa shape index (κ3) is 2.10. The van der Waals surface area contributed by atoms with Gasteiger partial charge in [0.15, 0.2) is 0 Å². The lowest BCUT2D eigenvalue weighted by Gasteiger charge is -2.33. The number of piperidine rings is 1. The van der Waals surface area contributed by atoms with Crippen molar-refractivity contribution in [2.45, 2.75) is 18.9 Å². The Hall–Kier alpha value is -1.79. The van der Waals surface area contributed by atoms with Gasteiger partial charge in [-0.2, -0.15) is 0 Å². The highest BCUT2D eigenvalue weighted by molar-refractivity contribution is 6.34. The summed E-state index contributed by atoms with van der Waals surface area (Å²) in [5.74, 6) is 0. The first kappa shape index (κ1) is 13.2. The molecule has 4 N–H and O–H groups in total. The van der Waals surface area contributed by atoms with Gasteiger partial charge in [-0.05, 0) is 18.9 Å². The largest absolute Gasteiger partial charge is 0.368 e. The van der Waals surface area contributed by atoms with Crippen LogP contribution in [-0.2, 0) is 0 Å². The van der Waals surface area contributed by atoms with Crippen LogP contribution in [0.25, 0.3) is 11.0 Å². The summed E-state index contributed by atoms with van der Waals surface area (Å²) >= 11 is 6.30. The topological polar surface area (TPSA) is 90.2 Å². The Balaban J connectivity index is 2.14. The molecule has 0 unspecified atom stereocenters. The Bertz CT molecular complexity index is 668. The lowest BCUT2D eigenvalue weighted by atomic mass is 10.1. The zero-order valence-corrected chi connectivity index (χ0v) is 11.7. The number of fused-ring (bicyclic) bond motifs is 1. The van der Waals surface area contributed by atoms with Crippen molar-refractivity contribution in [3.63, 3.8) is 0 Å². The van der Waals surface area contributed by atoms with Crippen molar-refractivity contribution in [1.29, 1.82) is 0 Å². The summed E-state index contributed by atoms with van der Waals surface area (Å²) in [4.78, 5) is 17.7. The number of pyridine rings is 1. The molecule has 0 saturated carbocycles. The average Bonchev–Trinajstić information content (AvgIpc) is 2.82. The first-order chi connectivity index (χ1) is 9.58. The second-order valence-corrected chi connectivity index (χ2v) is 5.47. The minimum Gasteiger partial charge on any atom is -0.368 e. The van der Waals surface area contributed by atoms with Crippen LogP contribution in [0.1, 0.15) is 12.8 Å². The number of carbonyl (C=O) groups is 1. The van der Waals surface area contributed by atoms with Crippen LogP contribution in [-0.4, -0.2) is 34.7 Å². The standard InChI is InChI=1S/C13H16ClN5O/c14-10-6-17-12-9(3-5-19(12)13(16)20)11(10)18-4-1-2-8(15)7-18/h3,5-6,8H,1-2,4,7,15H2,(H2,16,20)/t8-/m1/s1. The molecular formula is C13H16ClN5O. The molecule has 6 nitrogen and oxygen atoms in total. The Kier molecular flexibility index (Phi) is 3.27. The van der Waals surface area contributed by atoms with E-state index in [0.29, 0.717) is 10.7 Å². The first-order valence-corrected chi connectivity index (χ1v) is 6.91. The number of primary amides is 1. The Morgan fingerprint density at radius 1 is 1.50 bits per heavy atom. The van der Waals surface area contributed by atoms with Crippen LogP contribution in [0.5, 0.6) is 0 Å². The maximum Gasteiger partial charge on any atom is 0.324 e. The SMILES string of the molecule is NC(=O)n1ccc2c(N3CCC[C@@H](N)C3)c(Cl)cnc21. The van der Waals surface area contributed by atoms with E-state index >= 15 is 0 Å². The predicted octanol–water partition coefficient (Wildman–Crippen LogP) is 1.54. The molecule has 0 aliphatic carbocycles. The third-order valence-corrected chi connectivity index (χ3v) is 3.93. The molecular weight excluding hydrogens is 278 g/mol. The van der Waals surface area contributed by atoms with Crippen LogP contribution in [0.3, 0.4) is 0 Å². The zero-order valence-electron chi connectivity index (χ0n) is 10.9. The number of nitrogens with zero attached hydrogens (tertiary/aromatic N) is 3. The van der Waals surface area contributed by atoms with Gasteiger partial charge in [-0.25, -0.2) is 9.78 Å². The molecule has 20 heavy (non-hydrogen) atoms. The molecule has 106 valence electrons. The molecule has 0 spiro atoms. The van der Waals surface area contributed by atoms with Gasteiger partial charge in [0.25, 0.3) is 0 Å². The summed E-state index contributed by atoms with van der Waals surface area (Å²) < 4.78 is 1.32. The van der Waals surface area contributed by atoms with Gasteiger partial charge >= 0.3 is 6.03 Å². The van der Waals surface area contributed by atoms with Gasteiger partial charge in [0.05, 0.1) is 16.9 Å². The predicted molar refractivity (Wildman–Crippen MR) is 79.1 cm³/mol. The van der Waals surface area contributed by atoms with Crippen molar-refractivity contribution in [2.24, 2.45) is 11.5 Å². The molecule has 0 radical (unpaired) electrons. The van der Waals surface area contributed by atoms with Crippen molar-refractivity contribution in [3.8, 4) is 0 Å². The summed E-state index contributed by atoms with van der Waals surface area (Å²) in [5, 5.41) is 1.39. The van der Waals surface area contributed by atoms with E-state index in [4.69, 9.17) is 23.1 Å². The van der Waals surface area contributed by atoms with Crippen LogP contribution in [0, 0.1) is 0 Å². The molecule has 1 atom stereocenters. The number of hydrogen-bond donors (Lipinski definition) is 2. The number of anilines is 1. The first-order valence-electron chi connectivity index (χ1n) is 6.54. The number of carbonyl (C=O) groups excluding carboxylic acids is 1. The van der Waals surface area contributed by atoms with Crippen molar-refractivity contribution < 1.29 is 4.79 Å². The fourth-order valence-corrected chi connectivity index (χ4v) is 3.03. The van der Waals surface area contributed by atoms with Crippen LogP contribution in [0.15, 0.2) is 18.5 Å². The lowest BCUT2D eigenvalue weighted by molar-refractivity contribution is 0.251. The Morgan fingerprint density at radius 3 is 3.00 bits per heavy atom. The monoisotopic (exact) mass is 293 g/mol. The highest BCUT2D eigenvalue weighted by atomic mass is 35.5. The fraction of sp³-hybridized carbons (Fsp3) is 0.385. The summed E-state index contributed by atoms with van der Waals surface area (Å²) in [5.41, 5.74) is 12.8. The second kappa shape index (κ2) is 4.96. The highest BCUT2D eigenvalue weighted by Crippen LogP contribution is 2.34. The van der Waals surface area contributed by atoms with E-state index in [-0.39, 0.29) is 6.04 Å². The maximum atomic E-state index is 11.4. The number of amides is 1. The minimum atomic E-state index is -0.559. The summed E-state index contributed by atoms with van der Waals surface area (Å²) in [6.45, 7) is 1.65. The molecule has 1 aliphatic heterocycles. The number of aromatic nitrogens is 2. The minimum absolute atomic E-state index is 0.140.